The van der Waals surface area contributed by atoms with Gasteiger partial charge in [0.05, 0.1) is 17.2 Å². The molecule has 1 saturated heterocycles. The fourth-order valence-electron chi connectivity index (χ4n) is 4.17. The first-order chi connectivity index (χ1) is 12.7. The molecule has 4 rings (SSSR count). The van der Waals surface area contributed by atoms with E-state index in [1.807, 2.05) is 29.2 Å². The Balaban J connectivity index is 1.34. The number of fused-ring (bicyclic) bond motifs is 1. The van der Waals surface area contributed by atoms with Crippen LogP contribution in [-0.2, 0) is 6.54 Å². The number of aromatic nitrogens is 2. The van der Waals surface area contributed by atoms with E-state index in [1.54, 1.807) is 10.9 Å². The Hall–Kier alpha value is -2.37. The van der Waals surface area contributed by atoms with Crippen molar-refractivity contribution in [2.45, 2.75) is 51.1 Å². The van der Waals surface area contributed by atoms with Crippen LogP contribution in [0.3, 0.4) is 0 Å². The number of piperidine rings is 1. The molecule has 0 atom stereocenters. The standard InChI is InChI=1S/C20H26N4O2/c25-19-17-7-3-4-8-18(17)21-14-24(19)13-15-9-11-23(12-10-15)20(26)22-16-5-1-2-6-16/h3-4,7-8,14-16H,1-2,5-6,9-13H2,(H,22,26). The Kier molecular flexibility index (Phi) is 4.91. The lowest BCUT2D eigenvalue weighted by Gasteiger charge is -2.33. The molecule has 1 aromatic heterocycles. The molecule has 1 saturated carbocycles. The van der Waals surface area contributed by atoms with Crippen LogP contribution >= 0.6 is 0 Å². The van der Waals surface area contributed by atoms with Crippen molar-refractivity contribution in [3.63, 3.8) is 0 Å². The number of carbonyl (C=O) groups is 1. The Morgan fingerprint density at radius 3 is 2.62 bits per heavy atom. The first-order valence-corrected chi connectivity index (χ1v) is 9.70. The Morgan fingerprint density at radius 2 is 1.85 bits per heavy atom. The summed E-state index contributed by atoms with van der Waals surface area (Å²) in [6, 6.07) is 7.91. The number of likely N-dealkylation sites (tertiary alicyclic amines) is 1. The number of carbonyl (C=O) groups excluding carboxylic acids is 1. The van der Waals surface area contributed by atoms with E-state index in [4.69, 9.17) is 0 Å². The predicted octanol–water partition coefficient (Wildman–Crippen LogP) is 2.76. The molecule has 2 heterocycles. The van der Waals surface area contributed by atoms with E-state index in [0.717, 1.165) is 44.3 Å². The van der Waals surface area contributed by atoms with E-state index < -0.39 is 0 Å². The minimum atomic E-state index is 0.0250. The maximum absolute atomic E-state index is 12.6. The van der Waals surface area contributed by atoms with Gasteiger partial charge in [-0.1, -0.05) is 25.0 Å². The van der Waals surface area contributed by atoms with Gasteiger partial charge < -0.3 is 10.2 Å². The van der Waals surface area contributed by atoms with Gasteiger partial charge >= 0.3 is 6.03 Å². The molecule has 0 bridgehead atoms. The number of para-hydroxylation sites is 1. The molecule has 138 valence electrons. The SMILES string of the molecule is O=C(NC1CCCC1)N1CCC(Cn2cnc3ccccc3c2=O)CC1. The molecule has 0 radical (unpaired) electrons. The van der Waals surface area contributed by atoms with Gasteiger partial charge in [0, 0.05) is 25.7 Å². The van der Waals surface area contributed by atoms with Gasteiger partial charge in [0.1, 0.15) is 0 Å². The predicted molar refractivity (Wildman–Crippen MR) is 101 cm³/mol. The number of benzene rings is 1. The molecule has 1 aliphatic heterocycles. The molecule has 6 heteroatoms. The zero-order valence-corrected chi connectivity index (χ0v) is 15.1. The van der Waals surface area contributed by atoms with Gasteiger partial charge in [-0.2, -0.15) is 0 Å². The van der Waals surface area contributed by atoms with Gasteiger partial charge in [0.2, 0.25) is 0 Å². The fraction of sp³-hybridized carbons (Fsp3) is 0.550. The van der Waals surface area contributed by atoms with Crippen LogP contribution in [0.25, 0.3) is 10.9 Å². The van der Waals surface area contributed by atoms with E-state index in [0.29, 0.717) is 23.9 Å². The molecular weight excluding hydrogens is 328 g/mol. The van der Waals surface area contributed by atoms with Crippen LogP contribution in [0.2, 0.25) is 0 Å². The number of hydrogen-bond donors (Lipinski definition) is 1. The topological polar surface area (TPSA) is 67.2 Å². The number of amides is 2. The van der Waals surface area contributed by atoms with Crippen molar-refractivity contribution in [3.05, 3.63) is 40.9 Å². The van der Waals surface area contributed by atoms with Gasteiger partial charge in [0.15, 0.2) is 0 Å². The average Bonchev–Trinajstić information content (AvgIpc) is 3.18. The van der Waals surface area contributed by atoms with Crippen molar-refractivity contribution in [1.29, 1.82) is 0 Å². The van der Waals surface area contributed by atoms with E-state index in [1.165, 1.54) is 12.8 Å². The van der Waals surface area contributed by atoms with Crippen LogP contribution in [-0.4, -0.2) is 39.6 Å². The van der Waals surface area contributed by atoms with Gasteiger partial charge in [-0.15, -0.1) is 0 Å². The summed E-state index contributed by atoms with van der Waals surface area (Å²) in [5.74, 6) is 0.409. The largest absolute Gasteiger partial charge is 0.335 e. The first-order valence-electron chi connectivity index (χ1n) is 9.70. The summed E-state index contributed by atoms with van der Waals surface area (Å²) in [4.78, 5) is 31.3. The van der Waals surface area contributed by atoms with Crippen LogP contribution in [0.1, 0.15) is 38.5 Å². The van der Waals surface area contributed by atoms with E-state index in [-0.39, 0.29) is 11.6 Å². The monoisotopic (exact) mass is 354 g/mol. The first kappa shape index (κ1) is 17.1. The molecule has 0 spiro atoms. The van der Waals surface area contributed by atoms with Gasteiger partial charge in [-0.3, -0.25) is 9.36 Å². The fourth-order valence-corrected chi connectivity index (χ4v) is 4.17. The zero-order valence-electron chi connectivity index (χ0n) is 15.1. The van der Waals surface area contributed by atoms with E-state index in [9.17, 15) is 9.59 Å². The number of urea groups is 1. The second kappa shape index (κ2) is 7.48. The quantitative estimate of drug-likeness (QED) is 0.922. The third kappa shape index (κ3) is 3.59. The molecule has 2 fully saturated rings. The van der Waals surface area contributed by atoms with Crippen LogP contribution in [0.5, 0.6) is 0 Å². The minimum absolute atomic E-state index is 0.0250. The maximum atomic E-state index is 12.6. The highest BCUT2D eigenvalue weighted by Gasteiger charge is 2.25. The summed E-state index contributed by atoms with van der Waals surface area (Å²) in [7, 11) is 0. The molecule has 0 unspecified atom stereocenters. The normalized spacial score (nSPS) is 19.2. The summed E-state index contributed by atoms with van der Waals surface area (Å²) in [5.41, 5.74) is 0.768. The van der Waals surface area contributed by atoms with Gasteiger partial charge in [-0.05, 0) is 43.7 Å². The smallest absolute Gasteiger partial charge is 0.317 e. The molecule has 6 nitrogen and oxygen atoms in total. The summed E-state index contributed by atoms with van der Waals surface area (Å²) in [6.45, 7) is 2.20. The molecule has 1 aromatic carbocycles. The summed E-state index contributed by atoms with van der Waals surface area (Å²) >= 11 is 0. The molecule has 1 N–H and O–H groups in total. The van der Waals surface area contributed by atoms with Gasteiger partial charge in [-0.25, -0.2) is 9.78 Å². The summed E-state index contributed by atoms with van der Waals surface area (Å²) in [5, 5.41) is 3.83. The second-order valence-electron chi connectivity index (χ2n) is 7.58. The maximum Gasteiger partial charge on any atom is 0.317 e. The Labute approximate surface area is 153 Å². The zero-order chi connectivity index (χ0) is 17.9. The number of nitrogens with zero attached hydrogens (tertiary/aromatic N) is 3. The molecule has 2 aliphatic rings. The van der Waals surface area contributed by atoms with Crippen molar-refractivity contribution in [2.24, 2.45) is 5.92 Å². The highest BCUT2D eigenvalue weighted by atomic mass is 16.2. The average molecular weight is 354 g/mol. The molecule has 2 aromatic rings. The third-order valence-electron chi connectivity index (χ3n) is 5.77. The summed E-state index contributed by atoms with van der Waals surface area (Å²) in [6.07, 6.45) is 8.18. The third-order valence-corrected chi connectivity index (χ3v) is 5.77. The lowest BCUT2D eigenvalue weighted by molar-refractivity contribution is 0.162. The van der Waals surface area contributed by atoms with E-state index in [2.05, 4.69) is 10.3 Å². The van der Waals surface area contributed by atoms with Crippen molar-refractivity contribution in [3.8, 4) is 0 Å². The van der Waals surface area contributed by atoms with Gasteiger partial charge in [0.25, 0.3) is 5.56 Å². The van der Waals surface area contributed by atoms with Crippen LogP contribution < -0.4 is 10.9 Å². The molecule has 26 heavy (non-hydrogen) atoms. The number of hydrogen-bond acceptors (Lipinski definition) is 3. The minimum Gasteiger partial charge on any atom is -0.335 e. The lowest BCUT2D eigenvalue weighted by atomic mass is 9.97. The highest BCUT2D eigenvalue weighted by molar-refractivity contribution is 5.77. The number of nitrogens with one attached hydrogen (secondary N) is 1. The molecular formula is C20H26N4O2. The molecule has 1 aliphatic carbocycles. The van der Waals surface area contributed by atoms with Crippen molar-refractivity contribution in [1.82, 2.24) is 19.8 Å². The highest BCUT2D eigenvalue weighted by Crippen LogP contribution is 2.21. The Bertz CT molecular complexity index is 833. The number of rotatable bonds is 3. The van der Waals surface area contributed by atoms with Crippen molar-refractivity contribution >= 4 is 16.9 Å². The van der Waals surface area contributed by atoms with Crippen molar-refractivity contribution in [2.75, 3.05) is 13.1 Å². The molecule has 2 amide bonds. The van der Waals surface area contributed by atoms with Crippen LogP contribution in [0.15, 0.2) is 35.4 Å². The van der Waals surface area contributed by atoms with E-state index >= 15 is 0 Å². The van der Waals surface area contributed by atoms with Crippen LogP contribution in [0, 0.1) is 5.92 Å². The van der Waals surface area contributed by atoms with Crippen molar-refractivity contribution < 1.29 is 4.79 Å². The Morgan fingerprint density at radius 1 is 1.12 bits per heavy atom. The second-order valence-corrected chi connectivity index (χ2v) is 7.58. The van der Waals surface area contributed by atoms with Crippen LogP contribution in [0.4, 0.5) is 4.79 Å². The lowest BCUT2D eigenvalue weighted by Crippen LogP contribution is -2.47. The summed E-state index contributed by atoms with van der Waals surface area (Å²) < 4.78 is 1.72.